The maximum atomic E-state index is 12.1. The van der Waals surface area contributed by atoms with Crippen molar-refractivity contribution in [1.29, 1.82) is 0 Å². The largest absolute Gasteiger partial charge is 0.311 e. The molecule has 3 aromatic rings. The van der Waals surface area contributed by atoms with Crippen molar-refractivity contribution < 1.29 is 4.79 Å². The third kappa shape index (κ3) is 2.94. The molecule has 0 fully saturated rings. The van der Waals surface area contributed by atoms with Crippen LogP contribution in [-0.4, -0.2) is 21.1 Å². The summed E-state index contributed by atoms with van der Waals surface area (Å²) in [6, 6.07) is 12.4. The zero-order chi connectivity index (χ0) is 15.5. The highest BCUT2D eigenvalue weighted by atomic mass is 32.1. The highest BCUT2D eigenvalue weighted by Gasteiger charge is 2.14. The molecule has 1 amide bonds. The molecule has 0 aliphatic carbocycles. The lowest BCUT2D eigenvalue weighted by molar-refractivity contribution is 0.102. The van der Waals surface area contributed by atoms with Gasteiger partial charge in [-0.1, -0.05) is 41.7 Å². The molecule has 0 aliphatic rings. The van der Waals surface area contributed by atoms with Crippen molar-refractivity contribution in [3.8, 4) is 10.6 Å². The molecule has 2 heterocycles. The molecule has 0 radical (unpaired) electrons. The fourth-order valence-corrected chi connectivity index (χ4v) is 2.82. The van der Waals surface area contributed by atoms with Crippen LogP contribution in [0.1, 0.15) is 16.2 Å². The number of nitrogens with zero attached hydrogens (tertiary/aromatic N) is 2. The molecule has 22 heavy (non-hydrogen) atoms. The number of benzene rings is 1. The van der Waals surface area contributed by atoms with Gasteiger partial charge in [0.05, 0.1) is 5.69 Å². The van der Waals surface area contributed by atoms with Gasteiger partial charge < -0.3 is 5.32 Å². The summed E-state index contributed by atoms with van der Waals surface area (Å²) in [4.78, 5) is 27.5. The fraction of sp³-hybridized carbons (Fsp3) is 0.0667. The molecular formula is C15H12N4O2S. The topological polar surface area (TPSA) is 87.7 Å². The zero-order valence-corrected chi connectivity index (χ0v) is 12.5. The average molecular weight is 312 g/mol. The lowest BCUT2D eigenvalue weighted by Crippen LogP contribution is -2.17. The van der Waals surface area contributed by atoms with E-state index in [4.69, 9.17) is 0 Å². The van der Waals surface area contributed by atoms with Crippen molar-refractivity contribution in [2.24, 2.45) is 0 Å². The van der Waals surface area contributed by atoms with E-state index in [2.05, 4.69) is 20.5 Å². The van der Waals surface area contributed by atoms with Crippen molar-refractivity contribution in [3.63, 3.8) is 0 Å². The molecular weight excluding hydrogens is 300 g/mol. The zero-order valence-electron chi connectivity index (χ0n) is 11.7. The van der Waals surface area contributed by atoms with E-state index in [0.717, 1.165) is 16.3 Å². The van der Waals surface area contributed by atoms with E-state index in [-0.39, 0.29) is 17.2 Å². The molecule has 3 rings (SSSR count). The van der Waals surface area contributed by atoms with Gasteiger partial charge in [0, 0.05) is 11.6 Å². The number of hydrogen-bond donors (Lipinski definition) is 2. The molecule has 0 bridgehead atoms. The smallest absolute Gasteiger partial charge is 0.276 e. The Kier molecular flexibility index (Phi) is 3.80. The lowest BCUT2D eigenvalue weighted by Gasteiger charge is -2.01. The first-order valence-electron chi connectivity index (χ1n) is 6.53. The minimum Gasteiger partial charge on any atom is -0.311 e. The Bertz CT molecular complexity index is 850. The summed E-state index contributed by atoms with van der Waals surface area (Å²) in [7, 11) is 0. The first-order valence-corrected chi connectivity index (χ1v) is 7.35. The number of aryl methyl sites for hydroxylation is 1. The number of H-pyrrole nitrogens is 1. The van der Waals surface area contributed by atoms with Gasteiger partial charge in [-0.3, -0.25) is 9.59 Å². The van der Waals surface area contributed by atoms with Gasteiger partial charge in [-0.05, 0) is 13.0 Å². The fourth-order valence-electron chi connectivity index (χ4n) is 1.85. The van der Waals surface area contributed by atoms with E-state index in [9.17, 15) is 9.59 Å². The van der Waals surface area contributed by atoms with Gasteiger partial charge in [-0.25, -0.2) is 10.1 Å². The first kappa shape index (κ1) is 14.2. The molecule has 0 saturated heterocycles. The summed E-state index contributed by atoms with van der Waals surface area (Å²) in [5, 5.41) is 10.2. The molecule has 0 aliphatic heterocycles. The molecule has 6 nitrogen and oxygen atoms in total. The van der Waals surface area contributed by atoms with Crippen LogP contribution in [0, 0.1) is 6.92 Å². The average Bonchev–Trinajstić information content (AvgIpc) is 2.90. The lowest BCUT2D eigenvalue weighted by atomic mass is 10.2. The SMILES string of the molecule is Cc1nc(-c2ccccc2)sc1NC(=O)c1ccc(=O)[nH]n1. The van der Waals surface area contributed by atoms with Crippen molar-refractivity contribution in [3.05, 3.63) is 64.2 Å². The van der Waals surface area contributed by atoms with Crippen molar-refractivity contribution in [2.45, 2.75) is 6.92 Å². The molecule has 0 saturated carbocycles. The number of nitrogens with one attached hydrogen (secondary N) is 2. The summed E-state index contributed by atoms with van der Waals surface area (Å²) in [5.41, 5.74) is 1.53. The Morgan fingerprint density at radius 3 is 2.64 bits per heavy atom. The Hall–Kier alpha value is -2.80. The van der Waals surface area contributed by atoms with E-state index in [1.165, 1.54) is 23.5 Å². The predicted molar refractivity (Wildman–Crippen MR) is 85.1 cm³/mol. The highest BCUT2D eigenvalue weighted by molar-refractivity contribution is 7.19. The number of anilines is 1. The molecule has 7 heteroatoms. The maximum absolute atomic E-state index is 12.1. The number of carbonyl (C=O) groups excluding carboxylic acids is 1. The van der Waals surface area contributed by atoms with Gasteiger partial charge in [0.25, 0.3) is 11.5 Å². The Balaban J connectivity index is 1.84. The number of aromatic nitrogens is 3. The normalized spacial score (nSPS) is 10.4. The maximum Gasteiger partial charge on any atom is 0.276 e. The monoisotopic (exact) mass is 312 g/mol. The summed E-state index contributed by atoms with van der Waals surface area (Å²) in [5.74, 6) is -0.386. The van der Waals surface area contributed by atoms with E-state index < -0.39 is 0 Å². The van der Waals surface area contributed by atoms with Gasteiger partial charge in [0.2, 0.25) is 0 Å². The van der Waals surface area contributed by atoms with Gasteiger partial charge in [-0.15, -0.1) is 0 Å². The van der Waals surface area contributed by atoms with Gasteiger partial charge in [-0.2, -0.15) is 5.10 Å². The minimum atomic E-state index is -0.386. The van der Waals surface area contributed by atoms with Crippen LogP contribution in [-0.2, 0) is 0 Å². The quantitative estimate of drug-likeness (QED) is 0.777. The van der Waals surface area contributed by atoms with Gasteiger partial charge in [0.1, 0.15) is 15.7 Å². The van der Waals surface area contributed by atoms with E-state index in [1.807, 2.05) is 37.3 Å². The molecule has 1 aromatic carbocycles. The van der Waals surface area contributed by atoms with Crippen LogP contribution in [0.15, 0.2) is 47.3 Å². The second kappa shape index (κ2) is 5.90. The van der Waals surface area contributed by atoms with Crippen LogP contribution >= 0.6 is 11.3 Å². The molecule has 0 atom stereocenters. The van der Waals surface area contributed by atoms with Crippen molar-refractivity contribution in [2.75, 3.05) is 5.32 Å². The van der Waals surface area contributed by atoms with Gasteiger partial charge >= 0.3 is 0 Å². The standard InChI is InChI=1S/C15H12N4O2S/c1-9-14(17-13(21)11-7-8-12(20)19-18-11)22-15(16-9)10-5-3-2-4-6-10/h2-8H,1H3,(H,17,21)(H,19,20). The van der Waals surface area contributed by atoms with E-state index in [0.29, 0.717) is 5.00 Å². The van der Waals surface area contributed by atoms with Crippen LogP contribution < -0.4 is 10.9 Å². The molecule has 2 aromatic heterocycles. The Labute approximate surface area is 129 Å². The molecule has 2 N–H and O–H groups in total. The summed E-state index contributed by atoms with van der Waals surface area (Å²) in [6.45, 7) is 1.83. The molecule has 110 valence electrons. The molecule has 0 unspecified atom stereocenters. The Morgan fingerprint density at radius 1 is 1.18 bits per heavy atom. The predicted octanol–water partition coefficient (Wildman–Crippen LogP) is 2.45. The van der Waals surface area contributed by atoms with E-state index >= 15 is 0 Å². The third-order valence-electron chi connectivity index (χ3n) is 2.96. The van der Waals surface area contributed by atoms with Crippen LogP contribution in [0.25, 0.3) is 10.6 Å². The number of carbonyl (C=O) groups is 1. The number of thiazole rings is 1. The Morgan fingerprint density at radius 2 is 1.95 bits per heavy atom. The summed E-state index contributed by atoms with van der Waals surface area (Å²) >= 11 is 1.40. The second-order valence-corrected chi connectivity index (χ2v) is 5.56. The number of aromatic amines is 1. The third-order valence-corrected chi connectivity index (χ3v) is 4.08. The van der Waals surface area contributed by atoms with Crippen LogP contribution in [0.2, 0.25) is 0 Å². The number of amides is 1. The summed E-state index contributed by atoms with van der Waals surface area (Å²) in [6.07, 6.45) is 0. The van der Waals surface area contributed by atoms with Gasteiger partial charge in [0.15, 0.2) is 0 Å². The second-order valence-electron chi connectivity index (χ2n) is 4.56. The van der Waals surface area contributed by atoms with Crippen LogP contribution in [0.3, 0.4) is 0 Å². The van der Waals surface area contributed by atoms with E-state index in [1.54, 1.807) is 0 Å². The van der Waals surface area contributed by atoms with Crippen LogP contribution in [0.4, 0.5) is 5.00 Å². The highest BCUT2D eigenvalue weighted by Crippen LogP contribution is 2.31. The first-order chi connectivity index (χ1) is 10.6. The van der Waals surface area contributed by atoms with Crippen LogP contribution in [0.5, 0.6) is 0 Å². The van der Waals surface area contributed by atoms with Crippen molar-refractivity contribution in [1.82, 2.24) is 15.2 Å². The summed E-state index contributed by atoms with van der Waals surface area (Å²) < 4.78 is 0. The minimum absolute atomic E-state index is 0.147. The number of hydrogen-bond acceptors (Lipinski definition) is 5. The number of rotatable bonds is 3. The molecule has 0 spiro atoms. The van der Waals surface area contributed by atoms with Crippen molar-refractivity contribution >= 4 is 22.2 Å².